The first-order valence-electron chi connectivity index (χ1n) is 5.97. The summed E-state index contributed by atoms with van der Waals surface area (Å²) in [5.41, 5.74) is 1.56. The Morgan fingerprint density at radius 3 is 2.58 bits per heavy atom. The first-order valence-corrected chi connectivity index (χ1v) is 6.76. The molecule has 1 nitrogen and oxygen atoms in total. The second-order valence-corrected chi connectivity index (χ2v) is 5.26. The van der Waals surface area contributed by atoms with Crippen LogP contribution in [-0.4, -0.2) is 7.05 Å². The van der Waals surface area contributed by atoms with Crippen LogP contribution in [0.1, 0.15) is 17.2 Å². The van der Waals surface area contributed by atoms with Crippen molar-refractivity contribution in [3.63, 3.8) is 0 Å². The van der Waals surface area contributed by atoms with Gasteiger partial charge >= 0.3 is 0 Å². The quantitative estimate of drug-likeness (QED) is 0.887. The third-order valence-corrected chi connectivity index (χ3v) is 3.51. The molecule has 2 aromatic carbocycles. The molecule has 0 aliphatic rings. The predicted octanol–water partition coefficient (Wildman–Crippen LogP) is 4.23. The number of hydrogen-bond acceptors (Lipinski definition) is 1. The molecular formula is C15H14BrF2N. The van der Waals surface area contributed by atoms with E-state index in [-0.39, 0.29) is 6.04 Å². The molecule has 2 aromatic rings. The van der Waals surface area contributed by atoms with Gasteiger partial charge in [0.05, 0.1) is 0 Å². The Morgan fingerprint density at radius 1 is 1.16 bits per heavy atom. The lowest BCUT2D eigenvalue weighted by Gasteiger charge is -2.17. The normalized spacial score (nSPS) is 12.4. The second kappa shape index (κ2) is 6.26. The Hall–Kier alpha value is -1.26. The molecule has 1 N–H and O–H groups in total. The smallest absolute Gasteiger partial charge is 0.130 e. The molecule has 0 saturated carbocycles. The number of rotatable bonds is 4. The molecule has 0 radical (unpaired) electrons. The van der Waals surface area contributed by atoms with Crippen molar-refractivity contribution in [2.24, 2.45) is 0 Å². The molecule has 0 heterocycles. The van der Waals surface area contributed by atoms with E-state index in [4.69, 9.17) is 0 Å². The molecule has 1 unspecified atom stereocenters. The minimum atomic E-state index is -0.557. The summed E-state index contributed by atoms with van der Waals surface area (Å²) in [5, 5.41) is 3.07. The van der Waals surface area contributed by atoms with E-state index in [1.54, 1.807) is 7.05 Å². The summed E-state index contributed by atoms with van der Waals surface area (Å²) in [6.07, 6.45) is 0.637. The average molecular weight is 326 g/mol. The van der Waals surface area contributed by atoms with E-state index < -0.39 is 11.6 Å². The highest BCUT2D eigenvalue weighted by Crippen LogP contribution is 2.23. The zero-order valence-corrected chi connectivity index (χ0v) is 12.0. The van der Waals surface area contributed by atoms with Crippen LogP contribution in [0.3, 0.4) is 0 Å². The molecule has 0 aromatic heterocycles. The van der Waals surface area contributed by atoms with E-state index in [0.29, 0.717) is 12.0 Å². The van der Waals surface area contributed by atoms with E-state index in [1.807, 2.05) is 24.3 Å². The minimum Gasteiger partial charge on any atom is -0.313 e. The Labute approximate surface area is 119 Å². The molecular weight excluding hydrogens is 312 g/mol. The van der Waals surface area contributed by atoms with Gasteiger partial charge in [0.15, 0.2) is 0 Å². The van der Waals surface area contributed by atoms with E-state index in [9.17, 15) is 8.78 Å². The maximum atomic E-state index is 13.8. The summed E-state index contributed by atoms with van der Waals surface area (Å²) >= 11 is 3.41. The van der Waals surface area contributed by atoms with Crippen LogP contribution in [-0.2, 0) is 6.42 Å². The SMILES string of the molecule is CNC(Cc1cccc(Br)c1)c1ccc(F)cc1F. The minimum absolute atomic E-state index is 0.185. The third-order valence-electron chi connectivity index (χ3n) is 3.02. The Balaban J connectivity index is 2.25. The third kappa shape index (κ3) is 3.61. The van der Waals surface area contributed by atoms with Gasteiger partial charge in [-0.25, -0.2) is 8.78 Å². The molecule has 19 heavy (non-hydrogen) atoms. The molecule has 0 aliphatic heterocycles. The van der Waals surface area contributed by atoms with Gasteiger partial charge in [0, 0.05) is 22.1 Å². The molecule has 4 heteroatoms. The van der Waals surface area contributed by atoms with E-state index >= 15 is 0 Å². The molecule has 0 bridgehead atoms. The fraction of sp³-hybridized carbons (Fsp3) is 0.200. The molecule has 1 atom stereocenters. The van der Waals surface area contributed by atoms with Crippen molar-refractivity contribution < 1.29 is 8.78 Å². The largest absolute Gasteiger partial charge is 0.313 e. The number of hydrogen-bond donors (Lipinski definition) is 1. The maximum Gasteiger partial charge on any atom is 0.130 e. The molecule has 0 fully saturated rings. The van der Waals surface area contributed by atoms with Crippen LogP contribution in [0, 0.1) is 11.6 Å². The van der Waals surface area contributed by atoms with Gasteiger partial charge in [-0.05, 0) is 37.2 Å². The lowest BCUT2D eigenvalue weighted by atomic mass is 9.98. The summed E-state index contributed by atoms with van der Waals surface area (Å²) in [6.45, 7) is 0. The van der Waals surface area contributed by atoms with E-state index in [0.717, 1.165) is 16.1 Å². The van der Waals surface area contributed by atoms with E-state index in [2.05, 4.69) is 21.2 Å². The Morgan fingerprint density at radius 2 is 1.95 bits per heavy atom. The van der Waals surface area contributed by atoms with Gasteiger partial charge in [0.2, 0.25) is 0 Å². The van der Waals surface area contributed by atoms with Crippen molar-refractivity contribution in [3.8, 4) is 0 Å². The summed E-state index contributed by atoms with van der Waals surface area (Å²) < 4.78 is 27.7. The van der Waals surface area contributed by atoms with Gasteiger partial charge in [-0.2, -0.15) is 0 Å². The molecule has 100 valence electrons. The van der Waals surface area contributed by atoms with Crippen LogP contribution in [0.25, 0.3) is 0 Å². The first kappa shape index (κ1) is 14.2. The first-order chi connectivity index (χ1) is 9.10. The number of benzene rings is 2. The number of likely N-dealkylation sites (N-methyl/N-ethyl adjacent to an activating group) is 1. The summed E-state index contributed by atoms with van der Waals surface area (Å²) in [4.78, 5) is 0. The zero-order valence-electron chi connectivity index (χ0n) is 10.5. The summed E-state index contributed by atoms with van der Waals surface area (Å²) in [6, 6.07) is 11.4. The van der Waals surface area contributed by atoms with Crippen LogP contribution in [0.2, 0.25) is 0 Å². The predicted molar refractivity (Wildman–Crippen MR) is 76.0 cm³/mol. The highest BCUT2D eigenvalue weighted by Gasteiger charge is 2.15. The molecule has 0 spiro atoms. The van der Waals surface area contributed by atoms with Gasteiger partial charge in [-0.1, -0.05) is 34.1 Å². The van der Waals surface area contributed by atoms with Crippen LogP contribution < -0.4 is 5.32 Å². The zero-order chi connectivity index (χ0) is 13.8. The molecule has 0 aliphatic carbocycles. The van der Waals surface area contributed by atoms with Crippen molar-refractivity contribution in [2.45, 2.75) is 12.5 Å². The second-order valence-electron chi connectivity index (χ2n) is 4.34. The molecule has 2 rings (SSSR count). The van der Waals surface area contributed by atoms with Gasteiger partial charge in [-0.15, -0.1) is 0 Å². The summed E-state index contributed by atoms with van der Waals surface area (Å²) in [7, 11) is 1.77. The Kier molecular flexibility index (Phi) is 4.66. The monoisotopic (exact) mass is 325 g/mol. The lowest BCUT2D eigenvalue weighted by molar-refractivity contribution is 0.521. The fourth-order valence-electron chi connectivity index (χ4n) is 2.05. The summed E-state index contributed by atoms with van der Waals surface area (Å²) in [5.74, 6) is -1.08. The van der Waals surface area contributed by atoms with Crippen LogP contribution >= 0.6 is 15.9 Å². The van der Waals surface area contributed by atoms with Crippen molar-refractivity contribution in [1.82, 2.24) is 5.32 Å². The van der Waals surface area contributed by atoms with Gasteiger partial charge in [-0.3, -0.25) is 0 Å². The van der Waals surface area contributed by atoms with Gasteiger partial charge < -0.3 is 5.32 Å². The van der Waals surface area contributed by atoms with Crippen LogP contribution in [0.5, 0.6) is 0 Å². The van der Waals surface area contributed by atoms with Gasteiger partial charge in [0.25, 0.3) is 0 Å². The molecule has 0 amide bonds. The average Bonchev–Trinajstić information content (AvgIpc) is 2.37. The number of nitrogens with one attached hydrogen (secondary N) is 1. The van der Waals surface area contributed by atoms with Crippen LogP contribution in [0.4, 0.5) is 8.78 Å². The highest BCUT2D eigenvalue weighted by atomic mass is 79.9. The molecule has 0 saturated heterocycles. The van der Waals surface area contributed by atoms with E-state index in [1.165, 1.54) is 12.1 Å². The number of halogens is 3. The maximum absolute atomic E-state index is 13.8. The topological polar surface area (TPSA) is 12.0 Å². The van der Waals surface area contributed by atoms with Crippen LogP contribution in [0.15, 0.2) is 46.9 Å². The fourth-order valence-corrected chi connectivity index (χ4v) is 2.50. The highest BCUT2D eigenvalue weighted by molar-refractivity contribution is 9.10. The van der Waals surface area contributed by atoms with Crippen molar-refractivity contribution >= 4 is 15.9 Å². The standard InChI is InChI=1S/C15H14BrF2N/c1-19-15(8-10-3-2-4-11(16)7-10)13-6-5-12(17)9-14(13)18/h2-7,9,15,19H,8H2,1H3. The van der Waals surface area contributed by atoms with Crippen molar-refractivity contribution in [3.05, 3.63) is 69.7 Å². The van der Waals surface area contributed by atoms with Crippen molar-refractivity contribution in [1.29, 1.82) is 0 Å². The van der Waals surface area contributed by atoms with Gasteiger partial charge in [0.1, 0.15) is 11.6 Å². The Bertz CT molecular complexity index is 572. The lowest BCUT2D eigenvalue weighted by Crippen LogP contribution is -2.20. The van der Waals surface area contributed by atoms with Crippen molar-refractivity contribution in [2.75, 3.05) is 7.05 Å².